The van der Waals surface area contributed by atoms with Crippen molar-refractivity contribution in [1.82, 2.24) is 4.90 Å². The number of aryl methyl sites for hydroxylation is 1. The van der Waals surface area contributed by atoms with E-state index in [1.807, 2.05) is 43.0 Å². The SMILES string of the molecule is Cc1ccc(OC(C)C(=O)N(C(C)C)C2CCCC2)cc1. The molecule has 0 radical (unpaired) electrons. The number of amides is 1. The van der Waals surface area contributed by atoms with Crippen molar-refractivity contribution >= 4 is 5.91 Å². The van der Waals surface area contributed by atoms with Crippen LogP contribution in [0.15, 0.2) is 24.3 Å². The van der Waals surface area contributed by atoms with Crippen molar-refractivity contribution in [3.8, 4) is 5.75 Å². The zero-order valence-corrected chi connectivity index (χ0v) is 13.6. The third-order valence-electron chi connectivity index (χ3n) is 4.21. The molecule has 1 aliphatic carbocycles. The topological polar surface area (TPSA) is 29.5 Å². The number of rotatable bonds is 5. The summed E-state index contributed by atoms with van der Waals surface area (Å²) in [5, 5.41) is 0. The van der Waals surface area contributed by atoms with Gasteiger partial charge in [0.2, 0.25) is 0 Å². The first-order valence-electron chi connectivity index (χ1n) is 8.04. The largest absolute Gasteiger partial charge is 0.481 e. The van der Waals surface area contributed by atoms with Gasteiger partial charge in [-0.3, -0.25) is 4.79 Å². The van der Waals surface area contributed by atoms with Crippen molar-refractivity contribution < 1.29 is 9.53 Å². The van der Waals surface area contributed by atoms with Gasteiger partial charge in [0.25, 0.3) is 5.91 Å². The Morgan fingerprint density at radius 2 is 1.71 bits per heavy atom. The zero-order valence-electron chi connectivity index (χ0n) is 13.6. The van der Waals surface area contributed by atoms with Gasteiger partial charge in [-0.1, -0.05) is 30.5 Å². The molecule has 2 rings (SSSR count). The molecule has 0 heterocycles. The fourth-order valence-corrected chi connectivity index (χ4v) is 3.12. The van der Waals surface area contributed by atoms with Gasteiger partial charge in [0.15, 0.2) is 6.10 Å². The summed E-state index contributed by atoms with van der Waals surface area (Å²) in [5.41, 5.74) is 1.19. The molecule has 0 aliphatic heterocycles. The minimum absolute atomic E-state index is 0.109. The quantitative estimate of drug-likeness (QED) is 0.821. The molecule has 1 amide bonds. The van der Waals surface area contributed by atoms with Gasteiger partial charge >= 0.3 is 0 Å². The van der Waals surface area contributed by atoms with Crippen molar-refractivity contribution in [3.63, 3.8) is 0 Å². The molecule has 0 aromatic heterocycles. The second-order valence-corrected chi connectivity index (χ2v) is 6.35. The van der Waals surface area contributed by atoms with E-state index in [4.69, 9.17) is 4.74 Å². The van der Waals surface area contributed by atoms with E-state index in [9.17, 15) is 4.79 Å². The second-order valence-electron chi connectivity index (χ2n) is 6.35. The van der Waals surface area contributed by atoms with Crippen molar-refractivity contribution in [1.29, 1.82) is 0 Å². The smallest absolute Gasteiger partial charge is 0.263 e. The van der Waals surface area contributed by atoms with E-state index in [-0.39, 0.29) is 11.9 Å². The monoisotopic (exact) mass is 289 g/mol. The van der Waals surface area contributed by atoms with Crippen molar-refractivity contribution in [2.24, 2.45) is 0 Å². The van der Waals surface area contributed by atoms with Crippen LogP contribution in [-0.4, -0.2) is 29.0 Å². The molecule has 21 heavy (non-hydrogen) atoms. The Kier molecular flexibility index (Phi) is 5.27. The van der Waals surface area contributed by atoms with Crippen LogP contribution in [0.25, 0.3) is 0 Å². The van der Waals surface area contributed by atoms with Gasteiger partial charge in [0, 0.05) is 12.1 Å². The van der Waals surface area contributed by atoms with Crippen molar-refractivity contribution in [2.45, 2.75) is 71.6 Å². The maximum atomic E-state index is 12.7. The molecule has 3 heteroatoms. The van der Waals surface area contributed by atoms with Crippen LogP contribution < -0.4 is 4.74 Å². The van der Waals surface area contributed by atoms with E-state index in [1.165, 1.54) is 18.4 Å². The molecule has 1 fully saturated rings. The van der Waals surface area contributed by atoms with Gasteiger partial charge in [0.05, 0.1) is 0 Å². The highest BCUT2D eigenvalue weighted by Crippen LogP contribution is 2.26. The zero-order chi connectivity index (χ0) is 15.4. The number of hydrogen-bond acceptors (Lipinski definition) is 2. The molecule has 1 atom stereocenters. The Balaban J connectivity index is 2.03. The lowest BCUT2D eigenvalue weighted by Crippen LogP contribution is -2.49. The summed E-state index contributed by atoms with van der Waals surface area (Å²) in [6.07, 6.45) is 4.28. The Bertz CT molecular complexity index is 461. The normalized spacial score (nSPS) is 17.0. The summed E-state index contributed by atoms with van der Waals surface area (Å²) in [6.45, 7) is 8.08. The van der Waals surface area contributed by atoms with Crippen LogP contribution in [-0.2, 0) is 4.79 Å². The van der Waals surface area contributed by atoms with Crippen LogP contribution in [0.5, 0.6) is 5.75 Å². The molecule has 1 unspecified atom stereocenters. The van der Waals surface area contributed by atoms with Crippen LogP contribution in [0, 0.1) is 6.92 Å². The molecule has 0 bridgehead atoms. The van der Waals surface area contributed by atoms with Crippen LogP contribution in [0.1, 0.15) is 52.0 Å². The summed E-state index contributed by atoms with van der Waals surface area (Å²) >= 11 is 0. The van der Waals surface area contributed by atoms with E-state index >= 15 is 0 Å². The number of carbonyl (C=O) groups excluding carboxylic acids is 1. The maximum Gasteiger partial charge on any atom is 0.263 e. The first-order chi connectivity index (χ1) is 9.99. The van der Waals surface area contributed by atoms with Crippen LogP contribution in [0.3, 0.4) is 0 Å². The summed E-state index contributed by atoms with van der Waals surface area (Å²) in [6, 6.07) is 8.47. The van der Waals surface area contributed by atoms with E-state index in [0.29, 0.717) is 6.04 Å². The number of hydrogen-bond donors (Lipinski definition) is 0. The number of benzene rings is 1. The molecule has 1 aliphatic rings. The average Bonchev–Trinajstić information content (AvgIpc) is 2.94. The average molecular weight is 289 g/mol. The summed E-state index contributed by atoms with van der Waals surface area (Å²) < 4.78 is 5.83. The lowest BCUT2D eigenvalue weighted by atomic mass is 10.1. The minimum Gasteiger partial charge on any atom is -0.481 e. The molecule has 3 nitrogen and oxygen atoms in total. The molecule has 116 valence electrons. The molecule has 0 N–H and O–H groups in total. The Morgan fingerprint density at radius 3 is 2.24 bits per heavy atom. The highest BCUT2D eigenvalue weighted by molar-refractivity contribution is 5.81. The Morgan fingerprint density at radius 1 is 1.14 bits per heavy atom. The lowest BCUT2D eigenvalue weighted by Gasteiger charge is -2.34. The van der Waals surface area contributed by atoms with Crippen LogP contribution in [0.4, 0.5) is 0 Å². The van der Waals surface area contributed by atoms with E-state index < -0.39 is 6.10 Å². The lowest BCUT2D eigenvalue weighted by molar-refractivity contribution is -0.142. The van der Waals surface area contributed by atoms with Crippen molar-refractivity contribution in [3.05, 3.63) is 29.8 Å². The fraction of sp³-hybridized carbons (Fsp3) is 0.611. The molecule has 1 saturated carbocycles. The van der Waals surface area contributed by atoms with E-state index in [0.717, 1.165) is 18.6 Å². The third kappa shape index (κ3) is 3.99. The van der Waals surface area contributed by atoms with Crippen LogP contribution in [0.2, 0.25) is 0 Å². The Hall–Kier alpha value is -1.51. The number of carbonyl (C=O) groups is 1. The first kappa shape index (κ1) is 15.9. The van der Waals surface area contributed by atoms with Gasteiger partial charge in [-0.15, -0.1) is 0 Å². The maximum absolute atomic E-state index is 12.7. The number of ether oxygens (including phenoxy) is 1. The molecular formula is C18H27NO2. The highest BCUT2D eigenvalue weighted by Gasteiger charge is 2.32. The molecule has 1 aromatic rings. The minimum atomic E-state index is -0.435. The van der Waals surface area contributed by atoms with Crippen molar-refractivity contribution in [2.75, 3.05) is 0 Å². The van der Waals surface area contributed by atoms with Gasteiger partial charge in [-0.2, -0.15) is 0 Å². The Labute approximate surface area is 128 Å². The fourth-order valence-electron chi connectivity index (χ4n) is 3.12. The summed E-state index contributed by atoms with van der Waals surface area (Å²) in [5.74, 6) is 0.869. The van der Waals surface area contributed by atoms with E-state index in [2.05, 4.69) is 13.8 Å². The van der Waals surface area contributed by atoms with Gasteiger partial charge in [0.1, 0.15) is 5.75 Å². The van der Waals surface area contributed by atoms with Gasteiger partial charge in [-0.05, 0) is 52.7 Å². The highest BCUT2D eigenvalue weighted by atomic mass is 16.5. The summed E-state index contributed by atoms with van der Waals surface area (Å²) in [7, 11) is 0. The van der Waals surface area contributed by atoms with E-state index in [1.54, 1.807) is 0 Å². The molecular weight excluding hydrogens is 262 g/mol. The molecule has 1 aromatic carbocycles. The van der Waals surface area contributed by atoms with Gasteiger partial charge < -0.3 is 9.64 Å². The first-order valence-corrected chi connectivity index (χ1v) is 8.04. The standard InChI is InChI=1S/C18H27NO2/c1-13(2)19(16-7-5-6-8-16)18(20)15(4)21-17-11-9-14(3)10-12-17/h9-13,15-16H,5-8H2,1-4H3. The predicted octanol–water partition coefficient (Wildman–Crippen LogP) is 3.94. The summed E-state index contributed by atoms with van der Waals surface area (Å²) in [4.78, 5) is 14.8. The second kappa shape index (κ2) is 6.97. The predicted molar refractivity (Wildman–Crippen MR) is 85.5 cm³/mol. The van der Waals surface area contributed by atoms with Crippen LogP contribution >= 0.6 is 0 Å². The number of nitrogens with zero attached hydrogens (tertiary/aromatic N) is 1. The molecule has 0 spiro atoms. The van der Waals surface area contributed by atoms with Gasteiger partial charge in [-0.25, -0.2) is 0 Å². The molecule has 0 saturated heterocycles. The third-order valence-corrected chi connectivity index (χ3v) is 4.21.